The summed E-state index contributed by atoms with van der Waals surface area (Å²) in [5, 5.41) is 0. The summed E-state index contributed by atoms with van der Waals surface area (Å²) < 4.78 is 5.25. The molecule has 0 unspecified atom stereocenters. The highest BCUT2D eigenvalue weighted by Crippen LogP contribution is 2.22. The molecule has 1 heterocycles. The third-order valence-corrected chi connectivity index (χ3v) is 4.78. The average Bonchev–Trinajstić information content (AvgIpc) is 2.69. The predicted octanol–water partition coefficient (Wildman–Crippen LogP) is 3.44. The molecule has 2 aromatic rings. The van der Waals surface area contributed by atoms with Crippen molar-refractivity contribution in [2.45, 2.75) is 13.0 Å². The highest BCUT2D eigenvalue weighted by atomic mass is 16.5. The minimum absolute atomic E-state index is 0.143. The number of carbonyl (C=O) groups is 1. The van der Waals surface area contributed by atoms with Crippen LogP contribution in [0.4, 0.5) is 0 Å². The zero-order valence-corrected chi connectivity index (χ0v) is 15.5. The van der Waals surface area contributed by atoms with E-state index in [9.17, 15) is 4.79 Å². The van der Waals surface area contributed by atoms with Crippen LogP contribution in [0.1, 0.15) is 17.5 Å². The van der Waals surface area contributed by atoms with Crippen molar-refractivity contribution in [3.63, 3.8) is 0 Å². The van der Waals surface area contributed by atoms with Crippen LogP contribution in [-0.2, 0) is 11.3 Å². The van der Waals surface area contributed by atoms with E-state index in [1.165, 1.54) is 11.1 Å². The summed E-state index contributed by atoms with van der Waals surface area (Å²) in [7, 11) is 3.51. The maximum atomic E-state index is 12.6. The first-order valence-corrected chi connectivity index (χ1v) is 8.99. The number of methoxy groups -OCH3 is 1. The van der Waals surface area contributed by atoms with Gasteiger partial charge in [-0.15, -0.1) is 0 Å². The van der Waals surface area contributed by atoms with Gasteiger partial charge in [0.25, 0.3) is 0 Å². The number of hydrogen-bond donors (Lipinski definition) is 0. The summed E-state index contributed by atoms with van der Waals surface area (Å²) in [6.07, 6.45) is 3.23. The molecule has 1 aliphatic rings. The minimum atomic E-state index is 0.143. The number of amides is 1. The van der Waals surface area contributed by atoms with Gasteiger partial charge in [0.1, 0.15) is 5.75 Å². The summed E-state index contributed by atoms with van der Waals surface area (Å²) in [6.45, 7) is 2.79. The Labute approximate surface area is 155 Å². The van der Waals surface area contributed by atoms with Crippen LogP contribution >= 0.6 is 0 Å². The molecule has 0 spiro atoms. The molecule has 0 bridgehead atoms. The van der Waals surface area contributed by atoms with Crippen LogP contribution in [0, 0.1) is 0 Å². The van der Waals surface area contributed by atoms with E-state index < -0.39 is 0 Å². The molecule has 1 aliphatic heterocycles. The van der Waals surface area contributed by atoms with E-state index in [2.05, 4.69) is 35.2 Å². The fourth-order valence-electron chi connectivity index (χ4n) is 3.21. The molecule has 0 aliphatic carbocycles. The topological polar surface area (TPSA) is 32.8 Å². The Balaban J connectivity index is 1.52. The molecule has 1 amide bonds. The third kappa shape index (κ3) is 4.73. The zero-order valence-electron chi connectivity index (χ0n) is 15.5. The molecule has 2 aromatic carbocycles. The first kappa shape index (κ1) is 18.2. The molecule has 0 saturated heterocycles. The van der Waals surface area contributed by atoms with Gasteiger partial charge in [-0.05, 0) is 35.3 Å². The van der Waals surface area contributed by atoms with Gasteiger partial charge in [0.05, 0.1) is 13.7 Å². The Morgan fingerprint density at radius 2 is 1.96 bits per heavy atom. The second-order valence-electron chi connectivity index (χ2n) is 6.68. The van der Waals surface area contributed by atoms with Crippen molar-refractivity contribution in [1.29, 1.82) is 0 Å². The maximum Gasteiger partial charge on any atom is 0.236 e. The first-order valence-electron chi connectivity index (χ1n) is 8.99. The number of nitrogens with zero attached hydrogens (tertiary/aromatic N) is 2. The molecular formula is C22H26N2O2. The van der Waals surface area contributed by atoms with Crippen molar-refractivity contribution in [3.8, 4) is 5.75 Å². The van der Waals surface area contributed by atoms with Gasteiger partial charge in [-0.2, -0.15) is 0 Å². The number of hydrogen-bond acceptors (Lipinski definition) is 3. The van der Waals surface area contributed by atoms with Crippen LogP contribution < -0.4 is 4.74 Å². The Kier molecular flexibility index (Phi) is 6.08. The third-order valence-electron chi connectivity index (χ3n) is 4.78. The zero-order chi connectivity index (χ0) is 18.4. The van der Waals surface area contributed by atoms with Crippen LogP contribution in [0.15, 0.2) is 60.7 Å². The highest BCUT2D eigenvalue weighted by molar-refractivity contribution is 5.78. The van der Waals surface area contributed by atoms with Crippen molar-refractivity contribution in [2.24, 2.45) is 0 Å². The van der Waals surface area contributed by atoms with Gasteiger partial charge in [-0.3, -0.25) is 9.69 Å². The molecule has 4 nitrogen and oxygen atoms in total. The Morgan fingerprint density at radius 3 is 2.65 bits per heavy atom. The van der Waals surface area contributed by atoms with Crippen LogP contribution in [0.5, 0.6) is 5.75 Å². The fourth-order valence-corrected chi connectivity index (χ4v) is 3.21. The lowest BCUT2D eigenvalue weighted by Gasteiger charge is -2.28. The number of ether oxygens (including phenoxy) is 1. The van der Waals surface area contributed by atoms with E-state index in [1.807, 2.05) is 37.4 Å². The van der Waals surface area contributed by atoms with Gasteiger partial charge in [-0.25, -0.2) is 0 Å². The van der Waals surface area contributed by atoms with Crippen LogP contribution in [0.3, 0.4) is 0 Å². The van der Waals surface area contributed by atoms with Crippen LogP contribution in [-0.4, -0.2) is 49.5 Å². The molecule has 4 heteroatoms. The molecule has 136 valence electrons. The smallest absolute Gasteiger partial charge is 0.236 e. The van der Waals surface area contributed by atoms with Crippen molar-refractivity contribution in [1.82, 2.24) is 9.80 Å². The van der Waals surface area contributed by atoms with Gasteiger partial charge in [0, 0.05) is 26.7 Å². The molecule has 3 rings (SSSR count). The quantitative estimate of drug-likeness (QED) is 0.800. The van der Waals surface area contributed by atoms with Crippen LogP contribution in [0.25, 0.3) is 5.57 Å². The van der Waals surface area contributed by atoms with E-state index in [1.54, 1.807) is 12.0 Å². The van der Waals surface area contributed by atoms with E-state index in [-0.39, 0.29) is 5.91 Å². The van der Waals surface area contributed by atoms with Gasteiger partial charge in [-0.1, -0.05) is 48.5 Å². The van der Waals surface area contributed by atoms with E-state index >= 15 is 0 Å². The Morgan fingerprint density at radius 1 is 1.15 bits per heavy atom. The van der Waals surface area contributed by atoms with E-state index in [0.717, 1.165) is 30.8 Å². The van der Waals surface area contributed by atoms with E-state index in [0.29, 0.717) is 13.1 Å². The van der Waals surface area contributed by atoms with Gasteiger partial charge >= 0.3 is 0 Å². The minimum Gasteiger partial charge on any atom is -0.497 e. The van der Waals surface area contributed by atoms with Gasteiger partial charge in [0.15, 0.2) is 0 Å². The molecule has 0 aromatic heterocycles. The molecular weight excluding hydrogens is 324 g/mol. The van der Waals surface area contributed by atoms with Crippen molar-refractivity contribution >= 4 is 11.5 Å². The second-order valence-corrected chi connectivity index (χ2v) is 6.68. The summed E-state index contributed by atoms with van der Waals surface area (Å²) in [6, 6.07) is 18.3. The maximum absolute atomic E-state index is 12.6. The van der Waals surface area contributed by atoms with Crippen molar-refractivity contribution < 1.29 is 9.53 Å². The summed E-state index contributed by atoms with van der Waals surface area (Å²) in [5.41, 5.74) is 3.73. The fraction of sp³-hybridized carbons (Fsp3) is 0.318. The predicted molar refractivity (Wildman–Crippen MR) is 105 cm³/mol. The second kappa shape index (κ2) is 8.68. The monoisotopic (exact) mass is 350 g/mol. The lowest BCUT2D eigenvalue weighted by molar-refractivity contribution is -0.131. The number of likely N-dealkylation sites (N-methyl/N-ethyl adjacent to an activating group) is 1. The normalized spacial score (nSPS) is 14.6. The summed E-state index contributed by atoms with van der Waals surface area (Å²) in [5.74, 6) is 0.960. The van der Waals surface area contributed by atoms with Gasteiger partial charge < -0.3 is 9.64 Å². The molecule has 0 atom stereocenters. The number of rotatable bonds is 6. The number of carbonyl (C=O) groups excluding carboxylic acids is 1. The Hall–Kier alpha value is -2.59. The average molecular weight is 350 g/mol. The summed E-state index contributed by atoms with van der Waals surface area (Å²) in [4.78, 5) is 16.5. The van der Waals surface area contributed by atoms with Crippen molar-refractivity contribution in [3.05, 3.63) is 71.8 Å². The lowest BCUT2D eigenvalue weighted by atomic mass is 9.99. The van der Waals surface area contributed by atoms with Crippen LogP contribution in [0.2, 0.25) is 0 Å². The number of benzene rings is 2. The largest absolute Gasteiger partial charge is 0.497 e. The molecule has 0 radical (unpaired) electrons. The molecule has 0 fully saturated rings. The standard InChI is InChI=1S/C22H26N2O2/c1-23(16-18-7-6-10-21(15-18)26-2)22(25)17-24-13-11-20(12-14-24)19-8-4-3-5-9-19/h3-11,15H,12-14,16-17H2,1-2H3. The molecule has 26 heavy (non-hydrogen) atoms. The van der Waals surface area contributed by atoms with Crippen molar-refractivity contribution in [2.75, 3.05) is 33.8 Å². The van der Waals surface area contributed by atoms with E-state index in [4.69, 9.17) is 4.74 Å². The highest BCUT2D eigenvalue weighted by Gasteiger charge is 2.18. The Bertz CT molecular complexity index is 771. The van der Waals surface area contributed by atoms with Gasteiger partial charge in [0.2, 0.25) is 5.91 Å². The SMILES string of the molecule is COc1cccc(CN(C)C(=O)CN2CC=C(c3ccccc3)CC2)c1. The molecule has 0 saturated carbocycles. The summed E-state index contributed by atoms with van der Waals surface area (Å²) >= 11 is 0. The first-order chi connectivity index (χ1) is 12.7. The molecule has 0 N–H and O–H groups in total. The lowest BCUT2D eigenvalue weighted by Crippen LogP contribution is -2.39.